The van der Waals surface area contributed by atoms with Crippen molar-refractivity contribution >= 4 is 49.0 Å². The zero-order valence-electron chi connectivity index (χ0n) is 13.7. The van der Waals surface area contributed by atoms with Crippen molar-refractivity contribution in [1.29, 1.82) is 5.26 Å². The monoisotopic (exact) mass is 402 g/mol. The summed E-state index contributed by atoms with van der Waals surface area (Å²) in [5.41, 5.74) is 8.09. The molecule has 1 saturated heterocycles. The number of halogens is 3. The van der Waals surface area contributed by atoms with Gasteiger partial charge in [0.1, 0.15) is 5.82 Å². The van der Waals surface area contributed by atoms with Crippen molar-refractivity contribution in [3.8, 4) is 17.3 Å². The molecule has 0 bridgehead atoms. The summed E-state index contributed by atoms with van der Waals surface area (Å²) in [6.07, 6.45) is 1.08. The Labute approximate surface area is 166 Å². The predicted molar refractivity (Wildman–Crippen MR) is 108 cm³/mol. The van der Waals surface area contributed by atoms with Crippen LogP contribution in [0.2, 0.25) is 0 Å². The number of benzene rings is 1. The summed E-state index contributed by atoms with van der Waals surface area (Å²) in [4.78, 5) is 10.9. The van der Waals surface area contributed by atoms with E-state index in [9.17, 15) is 0 Å². The largest absolute Gasteiger partial charge is 0.368 e. The second-order valence-electron chi connectivity index (χ2n) is 5.38. The maximum absolute atomic E-state index is 9.02. The van der Waals surface area contributed by atoms with Gasteiger partial charge in [0.15, 0.2) is 0 Å². The molecule has 3 N–H and O–H groups in total. The van der Waals surface area contributed by atoms with Crippen LogP contribution in [0.25, 0.3) is 11.3 Å². The highest BCUT2D eigenvalue weighted by Gasteiger charge is 2.22. The van der Waals surface area contributed by atoms with Gasteiger partial charge in [-0.1, -0.05) is 12.1 Å². The second-order valence-corrected chi connectivity index (χ2v) is 5.38. The van der Waals surface area contributed by atoms with E-state index in [0.29, 0.717) is 11.6 Å². The number of anilines is 2. The van der Waals surface area contributed by atoms with Gasteiger partial charge in [0.25, 0.3) is 0 Å². The number of nitrogens with two attached hydrogens (primary N) is 1. The van der Waals surface area contributed by atoms with E-state index >= 15 is 0 Å². The van der Waals surface area contributed by atoms with Gasteiger partial charge < -0.3 is 16.0 Å². The summed E-state index contributed by atoms with van der Waals surface area (Å²) >= 11 is 0. The molecule has 1 aromatic carbocycles. The third-order valence-electron chi connectivity index (χ3n) is 3.94. The normalized spacial score (nSPS) is 15.4. The van der Waals surface area contributed by atoms with Gasteiger partial charge in [-0.2, -0.15) is 10.2 Å². The van der Waals surface area contributed by atoms with Gasteiger partial charge in [-0.05, 0) is 25.6 Å². The van der Waals surface area contributed by atoms with Crippen LogP contribution < -0.4 is 16.0 Å². The van der Waals surface area contributed by atoms with Crippen molar-refractivity contribution in [2.75, 3.05) is 30.8 Å². The number of nitrogens with one attached hydrogen (secondary N) is 1. The summed E-state index contributed by atoms with van der Waals surface area (Å²) in [7, 11) is 1.97. The first kappa shape index (κ1) is 23.2. The Kier molecular flexibility index (Phi) is 9.53. The Hall–Kier alpha value is -1.78. The predicted octanol–water partition coefficient (Wildman–Crippen LogP) is 2.66. The van der Waals surface area contributed by atoms with E-state index in [1.807, 2.05) is 31.3 Å². The molecule has 0 aliphatic carbocycles. The number of hydrogen-bond donors (Lipinski definition) is 2. The molecule has 1 fully saturated rings. The average Bonchev–Trinajstić information content (AvgIpc) is 3.03. The third-order valence-corrected chi connectivity index (χ3v) is 3.94. The Bertz CT molecular complexity index is 734. The van der Waals surface area contributed by atoms with Crippen LogP contribution >= 0.6 is 37.2 Å². The lowest BCUT2D eigenvalue weighted by Gasteiger charge is -2.18. The van der Waals surface area contributed by atoms with E-state index in [0.717, 1.165) is 36.6 Å². The van der Waals surface area contributed by atoms with Gasteiger partial charge in [0.05, 0.1) is 17.3 Å². The number of nitrogens with zero attached hydrogens (tertiary/aromatic N) is 4. The lowest BCUT2D eigenvalue weighted by Crippen LogP contribution is -2.30. The first-order chi connectivity index (χ1) is 10.7. The first-order valence-corrected chi connectivity index (χ1v) is 7.27. The molecule has 3 rings (SSSR count). The Morgan fingerprint density at radius 2 is 2.00 bits per heavy atom. The highest BCUT2D eigenvalue weighted by molar-refractivity contribution is 5.86. The van der Waals surface area contributed by atoms with E-state index < -0.39 is 0 Å². The lowest BCUT2D eigenvalue weighted by molar-refractivity contribution is 0.616. The number of likely N-dealkylation sites (N-methyl/N-ethyl adjacent to an activating group) is 1. The zero-order chi connectivity index (χ0) is 15.5. The van der Waals surface area contributed by atoms with E-state index in [-0.39, 0.29) is 43.2 Å². The molecule has 1 aliphatic rings. The van der Waals surface area contributed by atoms with Gasteiger partial charge >= 0.3 is 0 Å². The molecule has 9 heteroatoms. The molecule has 6 nitrogen and oxygen atoms in total. The molecule has 0 amide bonds. The van der Waals surface area contributed by atoms with Crippen molar-refractivity contribution in [2.45, 2.75) is 12.5 Å². The molecule has 2 aromatic rings. The zero-order valence-corrected chi connectivity index (χ0v) is 16.1. The molecule has 1 unspecified atom stereocenters. The standard InChI is InChI=1S/C16H18N6.3ClH/c1-19-13-5-6-22(10-13)15-8-14(20-16(18)21-15)12-4-2-3-11(7-12)9-17;;;/h2-4,7-8,13,19H,5-6,10H2,1H3,(H2,18,20,21);3*1H. The molecule has 1 aromatic heterocycles. The number of rotatable bonds is 3. The van der Waals surface area contributed by atoms with Crippen LogP contribution in [0, 0.1) is 11.3 Å². The molecule has 0 spiro atoms. The van der Waals surface area contributed by atoms with Crippen LogP contribution in [0.4, 0.5) is 11.8 Å². The second kappa shape index (κ2) is 10.3. The summed E-state index contributed by atoms with van der Waals surface area (Å²) in [6, 6.07) is 11.9. The third kappa shape index (κ3) is 5.35. The SMILES string of the molecule is CNC1CCN(c2cc(-c3cccc(C#N)c3)nc(N)n2)C1.Cl.Cl.Cl. The van der Waals surface area contributed by atoms with Crippen LogP contribution in [0.5, 0.6) is 0 Å². The summed E-state index contributed by atoms with van der Waals surface area (Å²) < 4.78 is 0. The highest BCUT2D eigenvalue weighted by atomic mass is 35.5. The average molecular weight is 404 g/mol. The minimum Gasteiger partial charge on any atom is -0.368 e. The molecule has 1 aliphatic heterocycles. The Morgan fingerprint density at radius 1 is 1.24 bits per heavy atom. The van der Waals surface area contributed by atoms with E-state index in [1.54, 1.807) is 6.07 Å². The molecule has 1 atom stereocenters. The van der Waals surface area contributed by atoms with E-state index in [1.165, 1.54) is 0 Å². The molecule has 136 valence electrons. The number of nitriles is 1. The van der Waals surface area contributed by atoms with Crippen molar-refractivity contribution in [1.82, 2.24) is 15.3 Å². The molecule has 0 radical (unpaired) electrons. The molecule has 0 saturated carbocycles. The fourth-order valence-electron chi connectivity index (χ4n) is 2.71. The fraction of sp³-hybridized carbons (Fsp3) is 0.312. The Balaban J connectivity index is 0.00000192. The summed E-state index contributed by atoms with van der Waals surface area (Å²) in [5, 5.41) is 12.3. The smallest absolute Gasteiger partial charge is 0.222 e. The highest BCUT2D eigenvalue weighted by Crippen LogP contribution is 2.25. The van der Waals surface area contributed by atoms with Crippen molar-refractivity contribution in [3.05, 3.63) is 35.9 Å². The van der Waals surface area contributed by atoms with Gasteiger partial charge in [0.2, 0.25) is 5.95 Å². The van der Waals surface area contributed by atoms with Gasteiger partial charge in [-0.15, -0.1) is 37.2 Å². The minimum atomic E-state index is 0. The molecule has 25 heavy (non-hydrogen) atoms. The topological polar surface area (TPSA) is 90.9 Å². The fourth-order valence-corrected chi connectivity index (χ4v) is 2.71. The maximum atomic E-state index is 9.02. The van der Waals surface area contributed by atoms with Crippen molar-refractivity contribution in [2.24, 2.45) is 0 Å². The van der Waals surface area contributed by atoms with Gasteiger partial charge in [-0.3, -0.25) is 0 Å². The summed E-state index contributed by atoms with van der Waals surface area (Å²) in [6.45, 7) is 1.85. The van der Waals surface area contributed by atoms with Crippen molar-refractivity contribution < 1.29 is 0 Å². The summed E-state index contributed by atoms with van der Waals surface area (Å²) in [5.74, 6) is 1.09. The number of hydrogen-bond acceptors (Lipinski definition) is 6. The van der Waals surface area contributed by atoms with Crippen LogP contribution in [0.3, 0.4) is 0 Å². The van der Waals surface area contributed by atoms with Gasteiger partial charge in [-0.25, -0.2) is 4.98 Å². The maximum Gasteiger partial charge on any atom is 0.222 e. The van der Waals surface area contributed by atoms with Gasteiger partial charge in [0, 0.05) is 30.8 Å². The molecular weight excluding hydrogens is 383 g/mol. The van der Waals surface area contributed by atoms with Crippen LogP contribution in [-0.4, -0.2) is 36.1 Å². The molecule has 2 heterocycles. The molecular formula is C16H21Cl3N6. The minimum absolute atomic E-state index is 0. The first-order valence-electron chi connectivity index (χ1n) is 7.27. The van der Waals surface area contributed by atoms with E-state index in [4.69, 9.17) is 11.0 Å². The van der Waals surface area contributed by atoms with Crippen LogP contribution in [-0.2, 0) is 0 Å². The lowest BCUT2D eigenvalue weighted by atomic mass is 10.1. The Morgan fingerprint density at radius 3 is 2.64 bits per heavy atom. The van der Waals surface area contributed by atoms with Crippen molar-refractivity contribution in [3.63, 3.8) is 0 Å². The van der Waals surface area contributed by atoms with Crippen LogP contribution in [0.1, 0.15) is 12.0 Å². The van der Waals surface area contributed by atoms with E-state index in [2.05, 4.69) is 26.3 Å². The quantitative estimate of drug-likeness (QED) is 0.818. The van der Waals surface area contributed by atoms with Crippen LogP contribution in [0.15, 0.2) is 30.3 Å². The number of nitrogen functional groups attached to an aromatic ring is 1. The number of aromatic nitrogens is 2.